The van der Waals surface area contributed by atoms with Gasteiger partial charge in [0, 0.05) is 0 Å². The molecule has 0 amide bonds. The second-order valence-corrected chi connectivity index (χ2v) is 4.20. The fraction of sp³-hybridized carbons (Fsp3) is 0.462. The molecule has 0 radical (unpaired) electrons. The molecule has 1 aromatic carbocycles. The zero-order valence-corrected chi connectivity index (χ0v) is 10.4. The molecule has 0 heterocycles. The molecule has 0 aliphatic carbocycles. The lowest BCUT2D eigenvalue weighted by Gasteiger charge is -2.11. The fourth-order valence-corrected chi connectivity index (χ4v) is 1.33. The highest BCUT2D eigenvalue weighted by Crippen LogP contribution is 2.24. The second-order valence-electron chi connectivity index (χ2n) is 4.20. The Hall–Kier alpha value is -1.71. The molecule has 0 fully saturated rings. The van der Waals surface area contributed by atoms with Crippen molar-refractivity contribution in [2.45, 2.75) is 20.3 Å². The van der Waals surface area contributed by atoms with Crippen molar-refractivity contribution in [2.24, 2.45) is 5.92 Å². The van der Waals surface area contributed by atoms with Gasteiger partial charge in [0.25, 0.3) is 0 Å². The number of benzene rings is 1. The average molecular weight is 238 g/mol. The van der Waals surface area contributed by atoms with Gasteiger partial charge in [-0.15, -0.1) is 0 Å². The summed E-state index contributed by atoms with van der Waals surface area (Å²) >= 11 is 0. The Labute approximate surface area is 101 Å². The van der Waals surface area contributed by atoms with Crippen LogP contribution in [0.15, 0.2) is 18.2 Å². The van der Waals surface area contributed by atoms with Crippen LogP contribution in [0.5, 0.6) is 11.5 Å². The zero-order valence-electron chi connectivity index (χ0n) is 10.4. The van der Waals surface area contributed by atoms with Crippen molar-refractivity contribution in [2.75, 3.05) is 13.7 Å². The number of hydrogen-bond donors (Lipinski definition) is 1. The summed E-state index contributed by atoms with van der Waals surface area (Å²) < 4.78 is 10.5. The molecule has 17 heavy (non-hydrogen) atoms. The molecule has 0 saturated carbocycles. The van der Waals surface area contributed by atoms with Crippen LogP contribution in [0, 0.1) is 5.92 Å². The van der Waals surface area contributed by atoms with Crippen molar-refractivity contribution in [3.63, 3.8) is 0 Å². The number of rotatable bonds is 6. The van der Waals surface area contributed by atoms with Gasteiger partial charge in [-0.05, 0) is 30.5 Å². The number of aromatic carboxylic acids is 1. The van der Waals surface area contributed by atoms with Crippen LogP contribution in [0.25, 0.3) is 0 Å². The molecule has 1 aromatic rings. The molecule has 94 valence electrons. The lowest BCUT2D eigenvalue weighted by molar-refractivity contribution is 0.0691. The van der Waals surface area contributed by atoms with Crippen LogP contribution in [-0.2, 0) is 0 Å². The van der Waals surface area contributed by atoms with Gasteiger partial charge in [0.15, 0.2) is 0 Å². The summed E-state index contributed by atoms with van der Waals surface area (Å²) in [4.78, 5) is 11.1. The fourth-order valence-electron chi connectivity index (χ4n) is 1.33. The Morgan fingerprint density at radius 2 is 2.12 bits per heavy atom. The highest BCUT2D eigenvalue weighted by molar-refractivity contribution is 5.91. The van der Waals surface area contributed by atoms with E-state index in [1.54, 1.807) is 12.1 Å². The van der Waals surface area contributed by atoms with Gasteiger partial charge in [-0.25, -0.2) is 4.79 Å². The Morgan fingerprint density at radius 3 is 2.65 bits per heavy atom. The first kappa shape index (κ1) is 13.4. The number of carbonyl (C=O) groups is 1. The van der Waals surface area contributed by atoms with Crippen molar-refractivity contribution in [1.29, 1.82) is 0 Å². The highest BCUT2D eigenvalue weighted by atomic mass is 16.5. The molecule has 0 unspecified atom stereocenters. The van der Waals surface area contributed by atoms with E-state index in [0.717, 1.165) is 6.42 Å². The van der Waals surface area contributed by atoms with E-state index in [1.807, 2.05) is 0 Å². The summed E-state index contributed by atoms with van der Waals surface area (Å²) in [5.74, 6) is 0.419. The number of carboxylic acids is 1. The van der Waals surface area contributed by atoms with E-state index in [1.165, 1.54) is 13.2 Å². The first-order valence-electron chi connectivity index (χ1n) is 5.58. The van der Waals surface area contributed by atoms with Crippen LogP contribution in [0.1, 0.15) is 30.6 Å². The van der Waals surface area contributed by atoms with Crippen molar-refractivity contribution in [1.82, 2.24) is 0 Å². The maximum absolute atomic E-state index is 11.1. The van der Waals surface area contributed by atoms with Gasteiger partial charge in [0.2, 0.25) is 0 Å². The van der Waals surface area contributed by atoms with Crippen LogP contribution in [0.2, 0.25) is 0 Å². The van der Waals surface area contributed by atoms with E-state index >= 15 is 0 Å². The summed E-state index contributed by atoms with van der Waals surface area (Å²) in [5.41, 5.74) is 0.133. The van der Waals surface area contributed by atoms with Crippen LogP contribution < -0.4 is 9.47 Å². The van der Waals surface area contributed by atoms with Gasteiger partial charge in [-0.3, -0.25) is 0 Å². The highest BCUT2D eigenvalue weighted by Gasteiger charge is 2.12. The lowest BCUT2D eigenvalue weighted by atomic mass is 10.1. The monoisotopic (exact) mass is 238 g/mol. The topological polar surface area (TPSA) is 55.8 Å². The summed E-state index contributed by atoms with van der Waals surface area (Å²) in [6.45, 7) is 4.70. The van der Waals surface area contributed by atoms with Gasteiger partial charge >= 0.3 is 5.97 Å². The molecule has 0 spiro atoms. The maximum Gasteiger partial charge on any atom is 0.339 e. The van der Waals surface area contributed by atoms with E-state index in [0.29, 0.717) is 24.0 Å². The molecular formula is C13H18O4. The van der Waals surface area contributed by atoms with Gasteiger partial charge in [-0.2, -0.15) is 0 Å². The minimum atomic E-state index is -1.01. The molecule has 0 aliphatic heterocycles. The maximum atomic E-state index is 11.1. The predicted octanol–water partition coefficient (Wildman–Crippen LogP) is 2.82. The normalized spacial score (nSPS) is 10.4. The summed E-state index contributed by atoms with van der Waals surface area (Å²) in [6, 6.07) is 4.78. The van der Waals surface area contributed by atoms with Crippen molar-refractivity contribution in [3.8, 4) is 11.5 Å². The Morgan fingerprint density at radius 1 is 1.41 bits per heavy atom. The van der Waals surface area contributed by atoms with Gasteiger partial charge in [-0.1, -0.05) is 13.8 Å². The standard InChI is InChI=1S/C13H18O4/c1-9(2)6-7-17-12-5-4-10(16-3)8-11(12)13(14)15/h4-5,8-9H,6-7H2,1-3H3,(H,14,15). The molecule has 0 bridgehead atoms. The number of hydrogen-bond acceptors (Lipinski definition) is 3. The van der Waals surface area contributed by atoms with Gasteiger partial charge in [0.1, 0.15) is 17.1 Å². The third-order valence-corrected chi connectivity index (χ3v) is 2.37. The van der Waals surface area contributed by atoms with E-state index in [9.17, 15) is 4.79 Å². The first-order chi connectivity index (χ1) is 8.04. The molecule has 0 aromatic heterocycles. The Bertz CT molecular complexity index is 385. The third kappa shape index (κ3) is 3.98. The predicted molar refractivity (Wildman–Crippen MR) is 64.9 cm³/mol. The van der Waals surface area contributed by atoms with Crippen LogP contribution in [-0.4, -0.2) is 24.8 Å². The second kappa shape index (κ2) is 6.13. The Balaban J connectivity index is 2.80. The van der Waals surface area contributed by atoms with E-state index in [2.05, 4.69) is 13.8 Å². The average Bonchev–Trinajstić information content (AvgIpc) is 2.28. The number of ether oxygens (including phenoxy) is 2. The van der Waals surface area contributed by atoms with Gasteiger partial charge in [0.05, 0.1) is 13.7 Å². The molecule has 4 nitrogen and oxygen atoms in total. The van der Waals surface area contributed by atoms with Crippen molar-refractivity contribution >= 4 is 5.97 Å². The summed E-state index contributed by atoms with van der Waals surface area (Å²) in [7, 11) is 1.50. The Kier molecular flexibility index (Phi) is 4.82. The third-order valence-electron chi connectivity index (χ3n) is 2.37. The molecule has 0 aliphatic rings. The van der Waals surface area contributed by atoms with Crippen molar-refractivity contribution < 1.29 is 19.4 Å². The van der Waals surface area contributed by atoms with Crippen molar-refractivity contribution in [3.05, 3.63) is 23.8 Å². The van der Waals surface area contributed by atoms with Gasteiger partial charge < -0.3 is 14.6 Å². The molecular weight excluding hydrogens is 220 g/mol. The quantitative estimate of drug-likeness (QED) is 0.828. The number of methoxy groups -OCH3 is 1. The minimum Gasteiger partial charge on any atom is -0.497 e. The molecule has 1 N–H and O–H groups in total. The van der Waals surface area contributed by atoms with Crippen LogP contribution in [0.4, 0.5) is 0 Å². The van der Waals surface area contributed by atoms with E-state index in [-0.39, 0.29) is 5.56 Å². The van der Waals surface area contributed by atoms with Crippen LogP contribution >= 0.6 is 0 Å². The van der Waals surface area contributed by atoms with Crippen LogP contribution in [0.3, 0.4) is 0 Å². The summed E-state index contributed by atoms with van der Waals surface area (Å²) in [5, 5.41) is 9.06. The molecule has 0 saturated heterocycles. The largest absolute Gasteiger partial charge is 0.497 e. The minimum absolute atomic E-state index is 0.133. The molecule has 1 rings (SSSR count). The molecule has 0 atom stereocenters. The van der Waals surface area contributed by atoms with E-state index < -0.39 is 5.97 Å². The zero-order chi connectivity index (χ0) is 12.8. The van der Waals surface area contributed by atoms with E-state index in [4.69, 9.17) is 14.6 Å². The first-order valence-corrected chi connectivity index (χ1v) is 5.58. The SMILES string of the molecule is COc1ccc(OCCC(C)C)c(C(=O)O)c1. The smallest absolute Gasteiger partial charge is 0.339 e. The summed E-state index contributed by atoms with van der Waals surface area (Å²) in [6.07, 6.45) is 0.894. The number of carboxylic acid groups (broad SMARTS) is 1. The molecule has 4 heteroatoms. The lowest BCUT2D eigenvalue weighted by Crippen LogP contribution is -2.06.